The molecular weight excluding hydrogens is 166 g/mol. The second-order valence-corrected chi connectivity index (χ2v) is 4.15. The highest BCUT2D eigenvalue weighted by Gasteiger charge is 2.18. The molecule has 2 atom stereocenters. The van der Waals surface area contributed by atoms with Gasteiger partial charge in [-0.2, -0.15) is 0 Å². The standard InChI is InChI=1S/C10H21NO2/c1-7(2)5-8(3)6-9(11-4)10(12)13/h7-9,11H,5-6H2,1-4H3,(H,12,13)/t8?,9-/m0/s1. The van der Waals surface area contributed by atoms with Gasteiger partial charge in [-0.15, -0.1) is 0 Å². The molecule has 0 rings (SSSR count). The van der Waals surface area contributed by atoms with Crippen molar-refractivity contribution in [3.05, 3.63) is 0 Å². The third-order valence-corrected chi connectivity index (χ3v) is 2.16. The summed E-state index contributed by atoms with van der Waals surface area (Å²) in [7, 11) is 1.70. The number of carbonyl (C=O) groups is 1. The minimum atomic E-state index is -0.752. The molecule has 0 amide bonds. The summed E-state index contributed by atoms with van der Waals surface area (Å²) >= 11 is 0. The van der Waals surface area contributed by atoms with E-state index in [0.717, 1.165) is 6.42 Å². The van der Waals surface area contributed by atoms with Crippen molar-refractivity contribution in [2.45, 2.75) is 39.7 Å². The minimum absolute atomic E-state index is 0.395. The van der Waals surface area contributed by atoms with E-state index in [-0.39, 0.29) is 0 Å². The van der Waals surface area contributed by atoms with Crippen LogP contribution in [-0.4, -0.2) is 24.2 Å². The van der Waals surface area contributed by atoms with E-state index in [0.29, 0.717) is 18.3 Å². The molecule has 1 unspecified atom stereocenters. The van der Waals surface area contributed by atoms with Crippen LogP contribution in [0.25, 0.3) is 0 Å². The van der Waals surface area contributed by atoms with Gasteiger partial charge in [0.2, 0.25) is 0 Å². The Morgan fingerprint density at radius 1 is 1.31 bits per heavy atom. The number of nitrogens with one attached hydrogen (secondary N) is 1. The molecule has 13 heavy (non-hydrogen) atoms. The summed E-state index contributed by atoms with van der Waals surface area (Å²) in [6.45, 7) is 6.42. The van der Waals surface area contributed by atoms with E-state index in [1.54, 1.807) is 7.05 Å². The molecular formula is C10H21NO2. The second kappa shape index (κ2) is 5.97. The number of carboxylic acids is 1. The molecule has 2 N–H and O–H groups in total. The first-order chi connectivity index (χ1) is 5.97. The summed E-state index contributed by atoms with van der Waals surface area (Å²) in [5.74, 6) is 0.355. The van der Waals surface area contributed by atoms with Gasteiger partial charge in [0.1, 0.15) is 6.04 Å². The Hall–Kier alpha value is -0.570. The highest BCUT2D eigenvalue weighted by molar-refractivity contribution is 5.73. The molecule has 78 valence electrons. The van der Waals surface area contributed by atoms with E-state index in [1.807, 2.05) is 0 Å². The zero-order chi connectivity index (χ0) is 10.4. The molecule has 0 aromatic carbocycles. The van der Waals surface area contributed by atoms with Crippen LogP contribution < -0.4 is 5.32 Å². The van der Waals surface area contributed by atoms with Crippen LogP contribution in [0.3, 0.4) is 0 Å². The van der Waals surface area contributed by atoms with Gasteiger partial charge in [-0.05, 0) is 31.7 Å². The fourth-order valence-corrected chi connectivity index (χ4v) is 1.65. The van der Waals surface area contributed by atoms with Gasteiger partial charge in [-0.3, -0.25) is 4.79 Å². The van der Waals surface area contributed by atoms with Crippen molar-refractivity contribution in [2.24, 2.45) is 11.8 Å². The van der Waals surface area contributed by atoms with Crippen molar-refractivity contribution in [1.29, 1.82) is 0 Å². The van der Waals surface area contributed by atoms with E-state index in [4.69, 9.17) is 5.11 Å². The lowest BCUT2D eigenvalue weighted by Crippen LogP contribution is -2.35. The Labute approximate surface area is 80.5 Å². The molecule has 3 nitrogen and oxygen atoms in total. The minimum Gasteiger partial charge on any atom is -0.480 e. The molecule has 0 bridgehead atoms. The molecule has 0 fully saturated rings. The van der Waals surface area contributed by atoms with E-state index >= 15 is 0 Å². The summed E-state index contributed by atoms with van der Waals surface area (Å²) < 4.78 is 0. The number of aliphatic carboxylic acids is 1. The molecule has 0 spiro atoms. The maximum atomic E-state index is 10.7. The van der Waals surface area contributed by atoms with Gasteiger partial charge in [0, 0.05) is 0 Å². The summed E-state index contributed by atoms with van der Waals surface area (Å²) in [4.78, 5) is 10.7. The highest BCUT2D eigenvalue weighted by atomic mass is 16.4. The summed E-state index contributed by atoms with van der Waals surface area (Å²) in [5, 5.41) is 11.6. The summed E-state index contributed by atoms with van der Waals surface area (Å²) in [5.41, 5.74) is 0. The zero-order valence-corrected chi connectivity index (χ0v) is 9.00. The number of rotatable bonds is 6. The number of carboxylic acid groups (broad SMARTS) is 1. The molecule has 0 aromatic rings. The quantitative estimate of drug-likeness (QED) is 0.665. The van der Waals surface area contributed by atoms with Crippen molar-refractivity contribution in [3.63, 3.8) is 0 Å². The lowest BCUT2D eigenvalue weighted by molar-refractivity contribution is -0.139. The average molecular weight is 187 g/mol. The highest BCUT2D eigenvalue weighted by Crippen LogP contribution is 2.16. The number of hydrogen-bond acceptors (Lipinski definition) is 2. The van der Waals surface area contributed by atoms with Gasteiger partial charge < -0.3 is 10.4 Å². The van der Waals surface area contributed by atoms with Crippen LogP contribution in [0.1, 0.15) is 33.6 Å². The first kappa shape index (κ1) is 12.4. The summed E-state index contributed by atoms with van der Waals surface area (Å²) in [6, 6.07) is -0.395. The van der Waals surface area contributed by atoms with E-state index in [2.05, 4.69) is 26.1 Å². The first-order valence-electron chi connectivity index (χ1n) is 4.87. The predicted molar refractivity (Wildman–Crippen MR) is 53.7 cm³/mol. The monoisotopic (exact) mass is 187 g/mol. The average Bonchev–Trinajstić information content (AvgIpc) is 1.98. The maximum absolute atomic E-state index is 10.7. The van der Waals surface area contributed by atoms with Crippen molar-refractivity contribution in [2.75, 3.05) is 7.05 Å². The molecule has 3 heteroatoms. The van der Waals surface area contributed by atoms with Crippen molar-refractivity contribution < 1.29 is 9.90 Å². The van der Waals surface area contributed by atoms with Crippen LogP contribution in [0, 0.1) is 11.8 Å². The zero-order valence-electron chi connectivity index (χ0n) is 9.00. The normalized spacial score (nSPS) is 15.8. The van der Waals surface area contributed by atoms with Crippen LogP contribution in [0.2, 0.25) is 0 Å². The SMILES string of the molecule is CN[C@@H](CC(C)CC(C)C)C(=O)O. The lowest BCUT2D eigenvalue weighted by Gasteiger charge is -2.18. The van der Waals surface area contributed by atoms with E-state index in [1.165, 1.54) is 0 Å². The fraction of sp³-hybridized carbons (Fsp3) is 0.900. The van der Waals surface area contributed by atoms with Crippen molar-refractivity contribution in [1.82, 2.24) is 5.32 Å². The van der Waals surface area contributed by atoms with Crippen LogP contribution in [0.4, 0.5) is 0 Å². The van der Waals surface area contributed by atoms with Gasteiger partial charge >= 0.3 is 5.97 Å². The first-order valence-corrected chi connectivity index (χ1v) is 4.87. The van der Waals surface area contributed by atoms with Gasteiger partial charge in [-0.25, -0.2) is 0 Å². The third kappa shape index (κ3) is 5.64. The Kier molecular flexibility index (Phi) is 5.71. The largest absolute Gasteiger partial charge is 0.480 e. The predicted octanol–water partition coefficient (Wildman–Crippen LogP) is 1.73. The Bertz CT molecular complexity index is 157. The number of likely N-dealkylation sites (N-methyl/N-ethyl adjacent to an activating group) is 1. The molecule has 0 saturated heterocycles. The molecule has 0 saturated carbocycles. The molecule has 0 aliphatic carbocycles. The van der Waals surface area contributed by atoms with Crippen molar-refractivity contribution >= 4 is 5.97 Å². The molecule has 0 aromatic heterocycles. The Morgan fingerprint density at radius 3 is 2.15 bits per heavy atom. The number of hydrogen-bond donors (Lipinski definition) is 2. The van der Waals surface area contributed by atoms with Crippen LogP contribution >= 0.6 is 0 Å². The lowest BCUT2D eigenvalue weighted by atomic mass is 9.93. The molecule has 0 aliphatic heterocycles. The van der Waals surface area contributed by atoms with Crippen molar-refractivity contribution in [3.8, 4) is 0 Å². The molecule has 0 aliphatic rings. The molecule has 0 heterocycles. The van der Waals surface area contributed by atoms with Crippen LogP contribution in [-0.2, 0) is 4.79 Å². The fourth-order valence-electron chi connectivity index (χ4n) is 1.65. The Morgan fingerprint density at radius 2 is 1.85 bits per heavy atom. The molecule has 0 radical (unpaired) electrons. The topological polar surface area (TPSA) is 49.3 Å². The van der Waals surface area contributed by atoms with Gasteiger partial charge in [-0.1, -0.05) is 20.8 Å². The van der Waals surface area contributed by atoms with E-state index in [9.17, 15) is 4.79 Å². The third-order valence-electron chi connectivity index (χ3n) is 2.16. The van der Waals surface area contributed by atoms with Crippen LogP contribution in [0.5, 0.6) is 0 Å². The van der Waals surface area contributed by atoms with E-state index < -0.39 is 12.0 Å². The van der Waals surface area contributed by atoms with Gasteiger partial charge in [0.05, 0.1) is 0 Å². The summed E-state index contributed by atoms with van der Waals surface area (Å²) in [6.07, 6.45) is 1.80. The smallest absolute Gasteiger partial charge is 0.320 e. The van der Waals surface area contributed by atoms with Gasteiger partial charge in [0.15, 0.2) is 0 Å². The second-order valence-electron chi connectivity index (χ2n) is 4.15. The maximum Gasteiger partial charge on any atom is 0.320 e. The van der Waals surface area contributed by atoms with Gasteiger partial charge in [0.25, 0.3) is 0 Å². The van der Waals surface area contributed by atoms with Crippen LogP contribution in [0.15, 0.2) is 0 Å². The Balaban J connectivity index is 3.86.